The zero-order valence-electron chi connectivity index (χ0n) is 11.6. The van der Waals surface area contributed by atoms with E-state index in [0.717, 1.165) is 5.56 Å². The maximum Gasteiger partial charge on any atom is 0.401 e. The van der Waals surface area contributed by atoms with Gasteiger partial charge >= 0.3 is 12.1 Å². The molecule has 1 saturated heterocycles. The van der Waals surface area contributed by atoms with E-state index in [1.54, 1.807) is 0 Å². The number of esters is 1. The third kappa shape index (κ3) is 5.38. The van der Waals surface area contributed by atoms with Crippen LogP contribution in [0.25, 0.3) is 0 Å². The van der Waals surface area contributed by atoms with Crippen molar-refractivity contribution in [2.24, 2.45) is 5.92 Å². The Morgan fingerprint density at radius 1 is 1.19 bits per heavy atom. The Morgan fingerprint density at radius 3 is 2.38 bits per heavy atom. The van der Waals surface area contributed by atoms with Crippen LogP contribution in [0.2, 0.25) is 0 Å². The molecule has 0 aromatic heterocycles. The van der Waals surface area contributed by atoms with Crippen LogP contribution < -0.4 is 0 Å². The molecule has 116 valence electrons. The van der Waals surface area contributed by atoms with Crippen LogP contribution in [0.4, 0.5) is 13.2 Å². The van der Waals surface area contributed by atoms with Crippen LogP contribution in [0.15, 0.2) is 30.3 Å². The van der Waals surface area contributed by atoms with E-state index >= 15 is 0 Å². The standard InChI is InChI=1S/C15H18F3NO2/c16-15(17,18)11-19-8-6-13(7-9-19)14(20)21-10-12-4-2-1-3-5-12/h1-5,13H,6-11H2. The summed E-state index contributed by atoms with van der Waals surface area (Å²) in [5, 5.41) is 0. The van der Waals surface area contributed by atoms with Crippen molar-refractivity contribution >= 4 is 5.97 Å². The molecule has 1 aliphatic rings. The Kier molecular flexibility index (Phi) is 5.22. The zero-order valence-corrected chi connectivity index (χ0v) is 11.6. The molecule has 1 fully saturated rings. The number of likely N-dealkylation sites (tertiary alicyclic amines) is 1. The van der Waals surface area contributed by atoms with E-state index in [9.17, 15) is 18.0 Å². The predicted octanol–water partition coefficient (Wildman–Crippen LogP) is 3.00. The lowest BCUT2D eigenvalue weighted by Crippen LogP contribution is -2.41. The lowest BCUT2D eigenvalue weighted by molar-refractivity contribution is -0.156. The average molecular weight is 301 g/mol. The molecule has 0 unspecified atom stereocenters. The number of carbonyl (C=O) groups is 1. The first-order chi connectivity index (χ1) is 9.94. The third-order valence-electron chi connectivity index (χ3n) is 3.55. The number of alkyl halides is 3. The summed E-state index contributed by atoms with van der Waals surface area (Å²) in [5.41, 5.74) is 0.903. The van der Waals surface area contributed by atoms with Gasteiger partial charge in [0.05, 0.1) is 12.5 Å². The van der Waals surface area contributed by atoms with Gasteiger partial charge in [-0.15, -0.1) is 0 Å². The second-order valence-electron chi connectivity index (χ2n) is 5.26. The Labute approximate surface area is 121 Å². The van der Waals surface area contributed by atoms with Crippen molar-refractivity contribution in [1.82, 2.24) is 4.90 Å². The first kappa shape index (κ1) is 15.8. The summed E-state index contributed by atoms with van der Waals surface area (Å²) in [7, 11) is 0. The van der Waals surface area contributed by atoms with Crippen LogP contribution in [-0.4, -0.2) is 36.7 Å². The maximum atomic E-state index is 12.3. The van der Waals surface area contributed by atoms with Gasteiger partial charge in [0.2, 0.25) is 0 Å². The smallest absolute Gasteiger partial charge is 0.401 e. The molecule has 0 spiro atoms. The van der Waals surface area contributed by atoms with Crippen molar-refractivity contribution in [3.05, 3.63) is 35.9 Å². The normalized spacial score (nSPS) is 17.7. The molecule has 21 heavy (non-hydrogen) atoms. The van der Waals surface area contributed by atoms with Crippen LogP contribution in [0.5, 0.6) is 0 Å². The molecule has 0 atom stereocenters. The molecule has 1 heterocycles. The number of benzene rings is 1. The van der Waals surface area contributed by atoms with Crippen LogP contribution >= 0.6 is 0 Å². The average Bonchev–Trinajstić information content (AvgIpc) is 2.45. The number of halogens is 3. The molecule has 1 aliphatic heterocycles. The highest BCUT2D eigenvalue weighted by Crippen LogP contribution is 2.23. The Bertz CT molecular complexity index is 454. The summed E-state index contributed by atoms with van der Waals surface area (Å²) in [6.07, 6.45) is -3.34. The molecule has 3 nitrogen and oxygen atoms in total. The predicted molar refractivity (Wildman–Crippen MR) is 71.5 cm³/mol. The summed E-state index contributed by atoms with van der Waals surface area (Å²) < 4.78 is 42.0. The van der Waals surface area contributed by atoms with Crippen LogP contribution in [0.3, 0.4) is 0 Å². The summed E-state index contributed by atoms with van der Waals surface area (Å²) in [6.45, 7) is -0.129. The van der Waals surface area contributed by atoms with E-state index < -0.39 is 12.7 Å². The minimum atomic E-state index is -4.18. The van der Waals surface area contributed by atoms with Gasteiger partial charge in [0.15, 0.2) is 0 Å². The van der Waals surface area contributed by atoms with Gasteiger partial charge in [0.25, 0.3) is 0 Å². The van der Waals surface area contributed by atoms with Gasteiger partial charge in [-0.1, -0.05) is 30.3 Å². The van der Waals surface area contributed by atoms with Crippen molar-refractivity contribution in [2.45, 2.75) is 25.6 Å². The van der Waals surface area contributed by atoms with E-state index in [-0.39, 0.29) is 31.6 Å². The lowest BCUT2D eigenvalue weighted by atomic mass is 9.97. The number of ether oxygens (including phenoxy) is 1. The minimum Gasteiger partial charge on any atom is -0.461 e. The topological polar surface area (TPSA) is 29.5 Å². The van der Waals surface area contributed by atoms with Crippen LogP contribution in [0, 0.1) is 5.92 Å². The zero-order chi connectivity index (χ0) is 15.3. The van der Waals surface area contributed by atoms with Crippen LogP contribution in [0.1, 0.15) is 18.4 Å². The number of piperidine rings is 1. The molecule has 0 bridgehead atoms. The number of nitrogens with zero attached hydrogens (tertiary/aromatic N) is 1. The van der Waals surface area contributed by atoms with Gasteiger partial charge in [-0.25, -0.2) is 0 Å². The number of carbonyl (C=O) groups excluding carboxylic acids is 1. The van der Waals surface area contributed by atoms with Crippen molar-refractivity contribution < 1.29 is 22.7 Å². The summed E-state index contributed by atoms with van der Waals surface area (Å²) in [5.74, 6) is -0.608. The van der Waals surface area contributed by atoms with E-state index in [0.29, 0.717) is 12.8 Å². The fourth-order valence-electron chi connectivity index (χ4n) is 2.43. The fourth-order valence-corrected chi connectivity index (χ4v) is 2.43. The molecule has 0 amide bonds. The van der Waals surface area contributed by atoms with Crippen molar-refractivity contribution in [3.63, 3.8) is 0 Å². The highest BCUT2D eigenvalue weighted by Gasteiger charge is 2.34. The third-order valence-corrected chi connectivity index (χ3v) is 3.55. The van der Waals surface area contributed by atoms with Gasteiger partial charge < -0.3 is 4.74 Å². The van der Waals surface area contributed by atoms with Crippen LogP contribution in [-0.2, 0) is 16.1 Å². The maximum absolute atomic E-state index is 12.3. The van der Waals surface area contributed by atoms with Crippen molar-refractivity contribution in [2.75, 3.05) is 19.6 Å². The largest absolute Gasteiger partial charge is 0.461 e. The number of hydrogen-bond donors (Lipinski definition) is 0. The van der Waals surface area contributed by atoms with Crippen molar-refractivity contribution in [3.8, 4) is 0 Å². The fraction of sp³-hybridized carbons (Fsp3) is 0.533. The van der Waals surface area contributed by atoms with Gasteiger partial charge in [-0.3, -0.25) is 9.69 Å². The molecule has 6 heteroatoms. The van der Waals surface area contributed by atoms with E-state index in [2.05, 4.69) is 0 Å². The molecule has 0 aliphatic carbocycles. The van der Waals surface area contributed by atoms with E-state index in [4.69, 9.17) is 4.74 Å². The summed E-state index contributed by atoms with van der Waals surface area (Å²) in [4.78, 5) is 13.2. The highest BCUT2D eigenvalue weighted by molar-refractivity contribution is 5.72. The Hall–Kier alpha value is -1.56. The van der Waals surface area contributed by atoms with E-state index in [1.807, 2.05) is 30.3 Å². The minimum absolute atomic E-state index is 0.211. The number of rotatable bonds is 4. The quantitative estimate of drug-likeness (QED) is 0.801. The molecular formula is C15H18F3NO2. The highest BCUT2D eigenvalue weighted by atomic mass is 19.4. The van der Waals surface area contributed by atoms with Gasteiger partial charge in [-0.2, -0.15) is 13.2 Å². The SMILES string of the molecule is O=C(OCc1ccccc1)C1CCN(CC(F)(F)F)CC1. The molecule has 0 radical (unpaired) electrons. The molecule has 1 aromatic carbocycles. The summed E-state index contributed by atoms with van der Waals surface area (Å²) >= 11 is 0. The molecular weight excluding hydrogens is 283 g/mol. The monoisotopic (exact) mass is 301 g/mol. The van der Waals surface area contributed by atoms with E-state index in [1.165, 1.54) is 4.90 Å². The van der Waals surface area contributed by atoms with Crippen molar-refractivity contribution in [1.29, 1.82) is 0 Å². The second kappa shape index (κ2) is 6.93. The van der Waals surface area contributed by atoms with Gasteiger partial charge in [0.1, 0.15) is 6.61 Å². The second-order valence-corrected chi connectivity index (χ2v) is 5.26. The van der Waals surface area contributed by atoms with Gasteiger partial charge in [0, 0.05) is 0 Å². The lowest BCUT2D eigenvalue weighted by Gasteiger charge is -2.31. The number of hydrogen-bond acceptors (Lipinski definition) is 3. The Morgan fingerprint density at radius 2 is 1.81 bits per heavy atom. The molecule has 2 rings (SSSR count). The van der Waals surface area contributed by atoms with Gasteiger partial charge in [-0.05, 0) is 31.5 Å². The molecule has 1 aromatic rings. The first-order valence-electron chi connectivity index (χ1n) is 6.94. The molecule has 0 saturated carbocycles. The molecule has 0 N–H and O–H groups in total. The first-order valence-corrected chi connectivity index (χ1v) is 6.94. The Balaban J connectivity index is 1.73. The summed E-state index contributed by atoms with van der Waals surface area (Å²) in [6, 6.07) is 9.32.